The van der Waals surface area contributed by atoms with Crippen LogP contribution in [0.2, 0.25) is 0 Å². The maximum absolute atomic E-state index is 12.9. The van der Waals surface area contributed by atoms with E-state index in [0.717, 1.165) is 11.3 Å². The second-order valence-corrected chi connectivity index (χ2v) is 4.59. The first kappa shape index (κ1) is 14.7. The Kier molecular flexibility index (Phi) is 4.34. The molecule has 0 aromatic heterocycles. The van der Waals surface area contributed by atoms with Gasteiger partial charge in [-0.25, -0.2) is 4.39 Å². The van der Waals surface area contributed by atoms with Crippen molar-refractivity contribution < 1.29 is 9.31 Å². The fourth-order valence-corrected chi connectivity index (χ4v) is 2.01. The number of benzene rings is 2. The molecule has 0 fully saturated rings. The smallest absolute Gasteiger partial charge is 0.293 e. The van der Waals surface area contributed by atoms with Crippen molar-refractivity contribution >= 4 is 17.1 Å². The van der Waals surface area contributed by atoms with Gasteiger partial charge in [-0.05, 0) is 35.9 Å². The Morgan fingerprint density at radius 3 is 2.52 bits per heavy atom. The van der Waals surface area contributed by atoms with Gasteiger partial charge in [-0.15, -0.1) is 0 Å². The van der Waals surface area contributed by atoms with E-state index in [1.54, 1.807) is 24.3 Å². The molecule has 0 unspecified atom stereocenters. The number of nitrogens with two attached hydrogens (primary N) is 1. The number of rotatable bonds is 5. The summed E-state index contributed by atoms with van der Waals surface area (Å²) >= 11 is 0. The Hall–Kier alpha value is -2.67. The molecule has 2 rings (SSSR count). The molecule has 7 heteroatoms. The fraction of sp³-hybridized carbons (Fsp3) is 0.143. The van der Waals surface area contributed by atoms with E-state index in [2.05, 4.69) is 5.43 Å². The minimum Gasteiger partial charge on any atom is -0.370 e. The van der Waals surface area contributed by atoms with E-state index in [9.17, 15) is 14.5 Å². The minimum atomic E-state index is -0.489. The quantitative estimate of drug-likeness (QED) is 0.502. The molecule has 2 aromatic rings. The molecule has 0 saturated heterocycles. The van der Waals surface area contributed by atoms with Gasteiger partial charge >= 0.3 is 0 Å². The third-order valence-electron chi connectivity index (χ3n) is 3.10. The molecule has 0 aliphatic heterocycles. The van der Waals surface area contributed by atoms with Crippen LogP contribution in [0.5, 0.6) is 0 Å². The highest BCUT2D eigenvalue weighted by atomic mass is 19.1. The van der Waals surface area contributed by atoms with Crippen molar-refractivity contribution in [3.05, 3.63) is 64.0 Å². The Labute approximate surface area is 121 Å². The molecular weight excluding hydrogens is 275 g/mol. The largest absolute Gasteiger partial charge is 0.370 e. The molecule has 0 aliphatic carbocycles. The van der Waals surface area contributed by atoms with E-state index in [1.165, 1.54) is 18.2 Å². The van der Waals surface area contributed by atoms with Gasteiger partial charge in [-0.1, -0.05) is 6.07 Å². The summed E-state index contributed by atoms with van der Waals surface area (Å²) in [4.78, 5) is 12.4. The molecule has 6 nitrogen and oxygen atoms in total. The van der Waals surface area contributed by atoms with Crippen molar-refractivity contribution in [3.8, 4) is 0 Å². The van der Waals surface area contributed by atoms with Gasteiger partial charge in [-0.2, -0.15) is 0 Å². The number of nitro benzene ring substituents is 1. The molecular formula is C14H15FN4O2. The van der Waals surface area contributed by atoms with Crippen LogP contribution in [0.1, 0.15) is 5.56 Å². The van der Waals surface area contributed by atoms with Crippen molar-refractivity contribution in [1.29, 1.82) is 0 Å². The third-order valence-corrected chi connectivity index (χ3v) is 3.10. The van der Waals surface area contributed by atoms with Crippen LogP contribution in [0.25, 0.3) is 0 Å². The van der Waals surface area contributed by atoms with Crippen molar-refractivity contribution in [2.45, 2.75) is 6.54 Å². The van der Waals surface area contributed by atoms with Gasteiger partial charge in [0.1, 0.15) is 11.5 Å². The number of nitro groups is 1. The molecule has 0 heterocycles. The average molecular weight is 290 g/mol. The first-order valence-corrected chi connectivity index (χ1v) is 6.22. The summed E-state index contributed by atoms with van der Waals surface area (Å²) in [5, 5.41) is 11.0. The Morgan fingerprint density at radius 1 is 1.29 bits per heavy atom. The van der Waals surface area contributed by atoms with Gasteiger partial charge in [0.2, 0.25) is 0 Å². The number of hydrogen-bond donors (Lipinski definition) is 2. The van der Waals surface area contributed by atoms with Crippen molar-refractivity contribution in [2.24, 2.45) is 5.84 Å². The van der Waals surface area contributed by atoms with Gasteiger partial charge in [0.05, 0.1) is 4.92 Å². The number of halogens is 1. The van der Waals surface area contributed by atoms with Gasteiger partial charge in [0.15, 0.2) is 0 Å². The van der Waals surface area contributed by atoms with Crippen LogP contribution in [0.15, 0.2) is 42.5 Å². The molecule has 3 N–H and O–H groups in total. The highest BCUT2D eigenvalue weighted by molar-refractivity contribution is 5.62. The first-order chi connectivity index (χ1) is 10.0. The van der Waals surface area contributed by atoms with Crippen molar-refractivity contribution in [3.63, 3.8) is 0 Å². The van der Waals surface area contributed by atoms with Crippen LogP contribution >= 0.6 is 0 Å². The highest BCUT2D eigenvalue weighted by Crippen LogP contribution is 2.26. The maximum atomic E-state index is 12.9. The lowest BCUT2D eigenvalue weighted by molar-refractivity contribution is -0.384. The molecule has 0 aliphatic rings. The van der Waals surface area contributed by atoms with E-state index in [1.807, 2.05) is 11.9 Å². The van der Waals surface area contributed by atoms with Crippen LogP contribution in [0.3, 0.4) is 0 Å². The van der Waals surface area contributed by atoms with Crippen LogP contribution in [-0.4, -0.2) is 12.0 Å². The molecule has 0 atom stereocenters. The Bertz CT molecular complexity index is 646. The van der Waals surface area contributed by atoms with Gasteiger partial charge in [0.25, 0.3) is 5.69 Å². The molecule has 21 heavy (non-hydrogen) atoms. The summed E-state index contributed by atoms with van der Waals surface area (Å²) in [5.41, 5.74) is 4.05. The van der Waals surface area contributed by atoms with E-state index in [4.69, 9.17) is 5.84 Å². The third kappa shape index (κ3) is 3.46. The van der Waals surface area contributed by atoms with E-state index >= 15 is 0 Å². The van der Waals surface area contributed by atoms with E-state index < -0.39 is 4.92 Å². The number of nitrogens with one attached hydrogen (secondary N) is 1. The standard InChI is InChI=1S/C14H15FN4O2/c1-18(12-5-3-11(15)4-6-12)9-10-2-7-13(17-16)14(8-10)19(20)21/h2-8,17H,9,16H2,1H3. The predicted molar refractivity (Wildman–Crippen MR) is 79.4 cm³/mol. The van der Waals surface area contributed by atoms with Crippen LogP contribution in [-0.2, 0) is 6.54 Å². The zero-order valence-corrected chi connectivity index (χ0v) is 11.4. The zero-order chi connectivity index (χ0) is 15.4. The summed E-state index contributed by atoms with van der Waals surface area (Å²) < 4.78 is 12.9. The number of anilines is 2. The average Bonchev–Trinajstić information content (AvgIpc) is 2.47. The Morgan fingerprint density at radius 2 is 1.95 bits per heavy atom. The predicted octanol–water partition coefficient (Wildman–Crippen LogP) is 2.66. The summed E-state index contributed by atoms with van der Waals surface area (Å²) in [7, 11) is 1.83. The van der Waals surface area contributed by atoms with E-state index in [-0.39, 0.29) is 17.2 Å². The second kappa shape index (κ2) is 6.19. The van der Waals surface area contributed by atoms with Gasteiger partial charge < -0.3 is 10.3 Å². The molecule has 110 valence electrons. The number of hydrogen-bond acceptors (Lipinski definition) is 5. The Balaban J connectivity index is 2.21. The van der Waals surface area contributed by atoms with Crippen molar-refractivity contribution in [1.82, 2.24) is 0 Å². The second-order valence-electron chi connectivity index (χ2n) is 4.59. The summed E-state index contributed by atoms with van der Waals surface area (Å²) in [5.74, 6) is 4.94. The molecule has 0 bridgehead atoms. The van der Waals surface area contributed by atoms with Crippen LogP contribution < -0.4 is 16.2 Å². The maximum Gasteiger partial charge on any atom is 0.293 e. The van der Waals surface area contributed by atoms with Crippen molar-refractivity contribution in [2.75, 3.05) is 17.4 Å². The highest BCUT2D eigenvalue weighted by Gasteiger charge is 2.14. The molecule has 0 spiro atoms. The summed E-state index contributed by atoms with van der Waals surface area (Å²) in [6.45, 7) is 0.456. The number of hydrazine groups is 1. The van der Waals surface area contributed by atoms with Crippen LogP contribution in [0.4, 0.5) is 21.5 Å². The summed E-state index contributed by atoms with van der Waals surface area (Å²) in [6, 6.07) is 10.8. The molecule has 2 aromatic carbocycles. The monoisotopic (exact) mass is 290 g/mol. The topological polar surface area (TPSA) is 84.4 Å². The normalized spacial score (nSPS) is 10.2. The lowest BCUT2D eigenvalue weighted by atomic mass is 10.1. The lowest BCUT2D eigenvalue weighted by Gasteiger charge is -2.19. The summed E-state index contributed by atoms with van der Waals surface area (Å²) in [6.07, 6.45) is 0. The zero-order valence-electron chi connectivity index (χ0n) is 11.4. The lowest BCUT2D eigenvalue weighted by Crippen LogP contribution is -2.16. The number of nitrogen functional groups attached to an aromatic ring is 1. The van der Waals surface area contributed by atoms with Gasteiger partial charge in [0, 0.05) is 25.3 Å². The first-order valence-electron chi connectivity index (χ1n) is 6.22. The minimum absolute atomic E-state index is 0.0810. The molecule has 0 amide bonds. The molecule has 0 radical (unpaired) electrons. The number of nitrogens with zero attached hydrogens (tertiary/aromatic N) is 2. The van der Waals surface area contributed by atoms with Crippen LogP contribution in [0, 0.1) is 15.9 Å². The van der Waals surface area contributed by atoms with Gasteiger partial charge in [-0.3, -0.25) is 16.0 Å². The fourth-order valence-electron chi connectivity index (χ4n) is 2.01. The molecule has 0 saturated carbocycles. The SMILES string of the molecule is CN(Cc1ccc(NN)c([N+](=O)[O-])c1)c1ccc(F)cc1. The van der Waals surface area contributed by atoms with E-state index in [0.29, 0.717) is 6.54 Å².